The number of rotatable bonds is 6. The van der Waals surface area contributed by atoms with E-state index in [1.54, 1.807) is 11.3 Å². The second-order valence-corrected chi connectivity index (χ2v) is 8.73. The molecule has 1 atom stereocenters. The highest BCUT2D eigenvalue weighted by Gasteiger charge is 2.34. The van der Waals surface area contributed by atoms with Crippen LogP contribution in [0, 0.1) is 11.3 Å². The SMILES string of the molecule is C=C(CCC(=O)O)Nc1sc2c(c1C(=O)OC)CCC(C(C)(C)C)C2. The Balaban J connectivity index is 2.28. The van der Waals surface area contributed by atoms with Crippen molar-refractivity contribution >= 4 is 28.3 Å². The number of hydrogen-bond acceptors (Lipinski definition) is 5. The average molecular weight is 365 g/mol. The molecule has 1 unspecified atom stereocenters. The Morgan fingerprint density at radius 2 is 2.04 bits per heavy atom. The van der Waals surface area contributed by atoms with Gasteiger partial charge in [0.15, 0.2) is 0 Å². The van der Waals surface area contributed by atoms with Crippen LogP contribution in [0.4, 0.5) is 5.00 Å². The smallest absolute Gasteiger partial charge is 0.341 e. The summed E-state index contributed by atoms with van der Waals surface area (Å²) < 4.78 is 4.98. The van der Waals surface area contributed by atoms with Crippen molar-refractivity contribution in [2.24, 2.45) is 11.3 Å². The van der Waals surface area contributed by atoms with Gasteiger partial charge in [-0.25, -0.2) is 4.79 Å². The van der Waals surface area contributed by atoms with E-state index < -0.39 is 5.97 Å². The molecular weight excluding hydrogens is 338 g/mol. The van der Waals surface area contributed by atoms with Crippen LogP contribution in [0.5, 0.6) is 0 Å². The fourth-order valence-corrected chi connectivity index (χ4v) is 4.57. The molecule has 2 rings (SSSR count). The Kier molecular flexibility index (Phi) is 5.93. The number of esters is 1. The lowest BCUT2D eigenvalue weighted by Gasteiger charge is -2.33. The maximum Gasteiger partial charge on any atom is 0.341 e. The summed E-state index contributed by atoms with van der Waals surface area (Å²) in [5.41, 5.74) is 2.49. The lowest BCUT2D eigenvalue weighted by Crippen LogP contribution is -2.26. The number of methoxy groups -OCH3 is 1. The molecule has 0 aliphatic heterocycles. The van der Waals surface area contributed by atoms with Crippen LogP contribution in [0.2, 0.25) is 0 Å². The summed E-state index contributed by atoms with van der Waals surface area (Å²) in [6.45, 7) is 10.7. The second kappa shape index (κ2) is 7.60. The van der Waals surface area contributed by atoms with Crippen LogP contribution in [-0.4, -0.2) is 24.2 Å². The van der Waals surface area contributed by atoms with Crippen LogP contribution in [0.15, 0.2) is 12.3 Å². The lowest BCUT2D eigenvalue weighted by molar-refractivity contribution is -0.136. The van der Waals surface area contributed by atoms with Crippen molar-refractivity contribution in [3.05, 3.63) is 28.3 Å². The first-order valence-electron chi connectivity index (χ1n) is 8.53. The quantitative estimate of drug-likeness (QED) is 0.727. The van der Waals surface area contributed by atoms with Crippen molar-refractivity contribution in [2.75, 3.05) is 12.4 Å². The number of carbonyl (C=O) groups is 2. The fourth-order valence-electron chi connectivity index (χ4n) is 3.21. The van der Waals surface area contributed by atoms with Gasteiger partial charge in [0.25, 0.3) is 0 Å². The minimum absolute atomic E-state index is 0.0105. The highest BCUT2D eigenvalue weighted by Crippen LogP contribution is 2.44. The predicted octanol–water partition coefficient (Wildman–Crippen LogP) is 4.48. The van der Waals surface area contributed by atoms with E-state index in [1.807, 2.05) is 0 Å². The van der Waals surface area contributed by atoms with E-state index >= 15 is 0 Å². The molecule has 138 valence electrons. The van der Waals surface area contributed by atoms with Crippen LogP contribution in [-0.2, 0) is 22.4 Å². The summed E-state index contributed by atoms with van der Waals surface area (Å²) in [5.74, 6) is -0.637. The molecule has 6 heteroatoms. The Hall–Kier alpha value is -1.82. The highest BCUT2D eigenvalue weighted by atomic mass is 32.1. The van der Waals surface area contributed by atoms with Crippen LogP contribution in [0.3, 0.4) is 0 Å². The number of nitrogens with one attached hydrogen (secondary N) is 1. The van der Waals surface area contributed by atoms with Gasteiger partial charge in [0, 0.05) is 10.6 Å². The number of carboxylic acids is 1. The number of fused-ring (bicyclic) bond motifs is 1. The molecule has 0 fully saturated rings. The zero-order valence-electron chi connectivity index (χ0n) is 15.4. The Labute approximate surface area is 153 Å². The first kappa shape index (κ1) is 19.5. The summed E-state index contributed by atoms with van der Waals surface area (Å²) in [6, 6.07) is 0. The van der Waals surface area contributed by atoms with Gasteiger partial charge in [0.05, 0.1) is 19.1 Å². The molecule has 0 saturated heterocycles. The molecular formula is C19H27NO4S. The van der Waals surface area contributed by atoms with Gasteiger partial charge in [-0.05, 0) is 42.6 Å². The van der Waals surface area contributed by atoms with Crippen LogP contribution in [0.25, 0.3) is 0 Å². The summed E-state index contributed by atoms with van der Waals surface area (Å²) in [5, 5.41) is 12.7. The first-order valence-corrected chi connectivity index (χ1v) is 9.34. The molecule has 1 aromatic heterocycles. The maximum atomic E-state index is 12.3. The van der Waals surface area contributed by atoms with Crippen molar-refractivity contribution in [3.8, 4) is 0 Å². The largest absolute Gasteiger partial charge is 0.481 e. The van der Waals surface area contributed by atoms with Crippen LogP contribution in [0.1, 0.15) is 60.8 Å². The van der Waals surface area contributed by atoms with Crippen molar-refractivity contribution < 1.29 is 19.4 Å². The van der Waals surface area contributed by atoms with Gasteiger partial charge >= 0.3 is 11.9 Å². The molecule has 1 heterocycles. The third-order valence-corrected chi connectivity index (χ3v) is 5.98. The molecule has 0 spiro atoms. The number of carboxylic acid groups (broad SMARTS) is 1. The molecule has 1 aliphatic carbocycles. The van der Waals surface area contributed by atoms with E-state index in [0.29, 0.717) is 23.6 Å². The molecule has 5 nitrogen and oxygen atoms in total. The monoisotopic (exact) mass is 365 g/mol. The highest BCUT2D eigenvalue weighted by molar-refractivity contribution is 7.16. The number of ether oxygens (including phenoxy) is 1. The van der Waals surface area contributed by atoms with Crippen molar-refractivity contribution in [2.45, 2.75) is 52.9 Å². The summed E-state index contributed by atoms with van der Waals surface area (Å²) >= 11 is 1.57. The molecule has 0 amide bonds. The van der Waals surface area contributed by atoms with Crippen molar-refractivity contribution in [3.63, 3.8) is 0 Å². The molecule has 25 heavy (non-hydrogen) atoms. The number of thiophene rings is 1. The Morgan fingerprint density at radius 1 is 1.36 bits per heavy atom. The number of allylic oxidation sites excluding steroid dienone is 1. The Morgan fingerprint density at radius 3 is 2.60 bits per heavy atom. The first-order chi connectivity index (χ1) is 11.6. The normalized spacial score (nSPS) is 16.9. The van der Waals surface area contributed by atoms with E-state index in [1.165, 1.54) is 12.0 Å². The van der Waals surface area contributed by atoms with Crippen LogP contribution < -0.4 is 5.32 Å². The topological polar surface area (TPSA) is 75.6 Å². The van der Waals surface area contributed by atoms with E-state index in [-0.39, 0.29) is 17.8 Å². The third-order valence-electron chi connectivity index (χ3n) is 4.81. The second-order valence-electron chi connectivity index (χ2n) is 7.63. The number of aliphatic carboxylic acids is 1. The summed E-state index contributed by atoms with van der Waals surface area (Å²) in [4.78, 5) is 24.3. The van der Waals surface area contributed by atoms with E-state index in [2.05, 4.69) is 32.7 Å². The van der Waals surface area contributed by atoms with Gasteiger partial charge in [-0.2, -0.15) is 0 Å². The number of hydrogen-bond donors (Lipinski definition) is 2. The standard InChI is InChI=1S/C19H27NO4S/c1-11(6-9-15(21)22)20-17-16(18(23)24-5)13-8-7-12(19(2,3)4)10-14(13)25-17/h12,20H,1,6-10H2,2-5H3,(H,21,22). The predicted molar refractivity (Wildman–Crippen MR) is 100 cm³/mol. The fraction of sp³-hybridized carbons (Fsp3) is 0.579. The van der Waals surface area contributed by atoms with Gasteiger partial charge in [-0.3, -0.25) is 4.79 Å². The zero-order valence-corrected chi connectivity index (χ0v) is 16.2. The minimum Gasteiger partial charge on any atom is -0.481 e. The molecule has 0 radical (unpaired) electrons. The van der Waals surface area contributed by atoms with Gasteiger partial charge in [0.2, 0.25) is 0 Å². The lowest BCUT2D eigenvalue weighted by atomic mass is 9.72. The Bertz CT molecular complexity index is 684. The van der Waals surface area contributed by atoms with Crippen molar-refractivity contribution in [1.29, 1.82) is 0 Å². The number of anilines is 1. The van der Waals surface area contributed by atoms with Gasteiger partial charge in [-0.1, -0.05) is 27.4 Å². The average Bonchev–Trinajstić information content (AvgIpc) is 2.88. The van der Waals surface area contributed by atoms with E-state index in [4.69, 9.17) is 9.84 Å². The summed E-state index contributed by atoms with van der Waals surface area (Å²) in [6.07, 6.45) is 3.20. The van der Waals surface area contributed by atoms with Crippen molar-refractivity contribution in [1.82, 2.24) is 0 Å². The number of carbonyl (C=O) groups excluding carboxylic acids is 1. The van der Waals surface area contributed by atoms with Gasteiger partial charge in [0.1, 0.15) is 5.00 Å². The molecule has 0 aromatic carbocycles. The van der Waals surface area contributed by atoms with Gasteiger partial charge < -0.3 is 15.2 Å². The zero-order chi connectivity index (χ0) is 18.8. The van der Waals surface area contributed by atoms with Gasteiger partial charge in [-0.15, -0.1) is 11.3 Å². The molecule has 2 N–H and O–H groups in total. The van der Waals surface area contributed by atoms with E-state index in [0.717, 1.165) is 29.8 Å². The molecule has 0 bridgehead atoms. The molecule has 1 aromatic rings. The minimum atomic E-state index is -0.866. The third kappa shape index (κ3) is 4.63. The molecule has 1 aliphatic rings. The summed E-state index contributed by atoms with van der Waals surface area (Å²) in [7, 11) is 1.39. The van der Waals surface area contributed by atoms with Crippen LogP contribution >= 0.6 is 11.3 Å². The maximum absolute atomic E-state index is 12.3. The molecule has 0 saturated carbocycles. The van der Waals surface area contributed by atoms with E-state index in [9.17, 15) is 9.59 Å².